The van der Waals surface area contributed by atoms with E-state index in [0.29, 0.717) is 12.0 Å². The minimum absolute atomic E-state index is 0.561. The van der Waals surface area contributed by atoms with Crippen molar-refractivity contribution in [2.75, 3.05) is 26.2 Å². The van der Waals surface area contributed by atoms with E-state index in [9.17, 15) is 0 Å². The van der Waals surface area contributed by atoms with E-state index in [-0.39, 0.29) is 0 Å². The highest BCUT2D eigenvalue weighted by atomic mass is 15.2. The first-order valence-electron chi connectivity index (χ1n) is 7.76. The van der Waals surface area contributed by atoms with Gasteiger partial charge in [0.1, 0.15) is 0 Å². The lowest BCUT2D eigenvalue weighted by Gasteiger charge is -2.34. The molecule has 0 aromatic heterocycles. The van der Waals surface area contributed by atoms with Gasteiger partial charge in [0.2, 0.25) is 0 Å². The highest BCUT2D eigenvalue weighted by molar-refractivity contribution is 5.25. The number of nitrogens with one attached hydrogen (secondary N) is 1. The molecule has 1 aromatic rings. The second-order valence-electron chi connectivity index (χ2n) is 5.92. The molecule has 1 fully saturated rings. The van der Waals surface area contributed by atoms with Crippen molar-refractivity contribution in [2.45, 2.75) is 39.7 Å². The van der Waals surface area contributed by atoms with E-state index < -0.39 is 0 Å². The van der Waals surface area contributed by atoms with Crippen LogP contribution in [0.25, 0.3) is 0 Å². The van der Waals surface area contributed by atoms with Crippen LogP contribution >= 0.6 is 0 Å². The zero-order chi connectivity index (χ0) is 13.7. The first-order chi connectivity index (χ1) is 9.22. The van der Waals surface area contributed by atoms with Gasteiger partial charge in [0.05, 0.1) is 0 Å². The Labute approximate surface area is 118 Å². The third-order valence-electron chi connectivity index (χ3n) is 4.13. The molecule has 0 aliphatic carbocycles. The van der Waals surface area contributed by atoms with E-state index in [1.54, 1.807) is 0 Å². The van der Waals surface area contributed by atoms with Crippen LogP contribution in [0.2, 0.25) is 0 Å². The summed E-state index contributed by atoms with van der Waals surface area (Å²) < 4.78 is 0. The van der Waals surface area contributed by atoms with Crippen molar-refractivity contribution < 1.29 is 0 Å². The first-order valence-corrected chi connectivity index (χ1v) is 7.76. The van der Waals surface area contributed by atoms with Gasteiger partial charge in [-0.3, -0.25) is 4.90 Å². The van der Waals surface area contributed by atoms with Crippen LogP contribution < -0.4 is 5.32 Å². The fourth-order valence-corrected chi connectivity index (χ4v) is 3.11. The molecule has 2 heteroatoms. The Morgan fingerprint density at radius 2 is 1.84 bits per heavy atom. The average molecular weight is 260 g/mol. The number of benzene rings is 1. The maximum atomic E-state index is 3.50. The minimum Gasteiger partial charge on any atom is -0.315 e. The molecule has 19 heavy (non-hydrogen) atoms. The van der Waals surface area contributed by atoms with Crippen LogP contribution in [0.1, 0.15) is 44.4 Å². The molecule has 1 aliphatic heterocycles. The normalized spacial score (nSPS) is 19.4. The number of hydrogen-bond acceptors (Lipinski definition) is 2. The van der Waals surface area contributed by atoms with Crippen molar-refractivity contribution >= 4 is 0 Å². The molecule has 1 aliphatic rings. The van der Waals surface area contributed by atoms with Gasteiger partial charge in [0.15, 0.2) is 0 Å². The summed E-state index contributed by atoms with van der Waals surface area (Å²) in [6.07, 6.45) is 2.39. The summed E-state index contributed by atoms with van der Waals surface area (Å²) in [4.78, 5) is 2.66. The quantitative estimate of drug-likeness (QED) is 0.894. The lowest BCUT2D eigenvalue weighted by molar-refractivity contribution is 0.166. The van der Waals surface area contributed by atoms with Crippen molar-refractivity contribution in [2.24, 2.45) is 5.92 Å². The molecule has 2 nitrogen and oxygen atoms in total. The Kier molecular flexibility index (Phi) is 5.41. The molecule has 0 radical (unpaired) electrons. The van der Waals surface area contributed by atoms with Crippen LogP contribution in [-0.4, -0.2) is 31.1 Å². The van der Waals surface area contributed by atoms with Crippen molar-refractivity contribution in [1.82, 2.24) is 10.2 Å². The van der Waals surface area contributed by atoms with Gasteiger partial charge in [-0.2, -0.15) is 0 Å². The lowest BCUT2D eigenvalue weighted by Crippen LogP contribution is -2.35. The summed E-state index contributed by atoms with van der Waals surface area (Å²) in [7, 11) is 0. The van der Waals surface area contributed by atoms with Gasteiger partial charge in [-0.05, 0) is 36.4 Å². The molecule has 1 heterocycles. The Morgan fingerprint density at radius 1 is 1.11 bits per heavy atom. The second kappa shape index (κ2) is 7.06. The zero-order valence-electron chi connectivity index (χ0n) is 12.7. The van der Waals surface area contributed by atoms with Crippen molar-refractivity contribution in [3.05, 3.63) is 35.4 Å². The van der Waals surface area contributed by atoms with Crippen LogP contribution in [-0.2, 0) is 6.42 Å². The number of nitrogens with zero attached hydrogens (tertiary/aromatic N) is 1. The maximum Gasteiger partial charge on any atom is 0.0371 e. The molecular formula is C17H28N2. The van der Waals surface area contributed by atoms with E-state index in [2.05, 4.69) is 55.3 Å². The Morgan fingerprint density at radius 3 is 2.47 bits per heavy atom. The van der Waals surface area contributed by atoms with Gasteiger partial charge in [-0.15, -0.1) is 0 Å². The summed E-state index contributed by atoms with van der Waals surface area (Å²) in [5.41, 5.74) is 2.91. The van der Waals surface area contributed by atoms with Gasteiger partial charge >= 0.3 is 0 Å². The van der Waals surface area contributed by atoms with Gasteiger partial charge < -0.3 is 5.32 Å². The molecule has 1 aromatic carbocycles. The first kappa shape index (κ1) is 14.5. The van der Waals surface area contributed by atoms with E-state index in [1.807, 2.05) is 0 Å². The molecule has 0 bridgehead atoms. The van der Waals surface area contributed by atoms with E-state index in [1.165, 1.54) is 30.6 Å². The Bertz CT molecular complexity index is 361. The van der Waals surface area contributed by atoms with E-state index in [0.717, 1.165) is 19.5 Å². The third-order valence-corrected chi connectivity index (χ3v) is 4.13. The van der Waals surface area contributed by atoms with Crippen LogP contribution in [0.15, 0.2) is 24.3 Å². The number of aryl methyl sites for hydroxylation is 1. The molecule has 2 rings (SSSR count). The predicted molar refractivity (Wildman–Crippen MR) is 82.5 cm³/mol. The smallest absolute Gasteiger partial charge is 0.0371 e. The zero-order valence-corrected chi connectivity index (χ0v) is 12.7. The largest absolute Gasteiger partial charge is 0.315 e. The van der Waals surface area contributed by atoms with E-state index in [4.69, 9.17) is 0 Å². The molecule has 0 amide bonds. The summed E-state index contributed by atoms with van der Waals surface area (Å²) in [6, 6.07) is 9.82. The van der Waals surface area contributed by atoms with Crippen molar-refractivity contribution in [3.8, 4) is 0 Å². The molecule has 1 atom stereocenters. The maximum absolute atomic E-state index is 3.50. The Hall–Kier alpha value is -0.860. The predicted octanol–water partition coefficient (Wildman–Crippen LogP) is 3.24. The summed E-state index contributed by atoms with van der Waals surface area (Å²) in [5, 5.41) is 3.50. The van der Waals surface area contributed by atoms with Crippen LogP contribution in [0.3, 0.4) is 0 Å². The molecular weight excluding hydrogens is 232 g/mol. The number of hydrogen-bond donors (Lipinski definition) is 1. The average Bonchev–Trinajstić information content (AvgIpc) is 2.68. The van der Waals surface area contributed by atoms with Crippen LogP contribution in [0.4, 0.5) is 0 Å². The third kappa shape index (κ3) is 3.80. The summed E-state index contributed by atoms with van der Waals surface area (Å²) in [6.45, 7) is 11.6. The summed E-state index contributed by atoms with van der Waals surface area (Å²) in [5.74, 6) is 0.658. The topological polar surface area (TPSA) is 15.3 Å². The highest BCUT2D eigenvalue weighted by Gasteiger charge is 2.24. The molecule has 0 spiro atoms. The van der Waals surface area contributed by atoms with E-state index >= 15 is 0 Å². The van der Waals surface area contributed by atoms with Crippen molar-refractivity contribution in [3.63, 3.8) is 0 Å². The molecule has 0 saturated carbocycles. The minimum atomic E-state index is 0.561. The standard InChI is InChI=1S/C17H28N2/c1-4-15-6-8-16(9-7-15)17(14(2)3)19-12-5-10-18-11-13-19/h6-9,14,17-18H,4-5,10-13H2,1-3H3. The molecule has 106 valence electrons. The molecule has 1 N–H and O–H groups in total. The SMILES string of the molecule is CCc1ccc(C(C(C)C)N2CCCNCC2)cc1. The van der Waals surface area contributed by atoms with Gasteiger partial charge in [0, 0.05) is 25.7 Å². The summed E-state index contributed by atoms with van der Waals surface area (Å²) >= 11 is 0. The monoisotopic (exact) mass is 260 g/mol. The molecule has 1 unspecified atom stereocenters. The van der Waals surface area contributed by atoms with Crippen LogP contribution in [0, 0.1) is 5.92 Å². The van der Waals surface area contributed by atoms with Crippen LogP contribution in [0.5, 0.6) is 0 Å². The van der Waals surface area contributed by atoms with Gasteiger partial charge in [-0.1, -0.05) is 45.0 Å². The van der Waals surface area contributed by atoms with Gasteiger partial charge in [0.25, 0.3) is 0 Å². The molecule has 1 saturated heterocycles. The Balaban J connectivity index is 2.17. The highest BCUT2D eigenvalue weighted by Crippen LogP contribution is 2.29. The fraction of sp³-hybridized carbons (Fsp3) is 0.647. The van der Waals surface area contributed by atoms with Crippen molar-refractivity contribution in [1.29, 1.82) is 0 Å². The second-order valence-corrected chi connectivity index (χ2v) is 5.92. The lowest BCUT2D eigenvalue weighted by atomic mass is 9.93. The van der Waals surface area contributed by atoms with Gasteiger partial charge in [-0.25, -0.2) is 0 Å². The fourth-order valence-electron chi connectivity index (χ4n) is 3.11. The number of rotatable bonds is 4.